The maximum absolute atomic E-state index is 11.6. The summed E-state index contributed by atoms with van der Waals surface area (Å²) >= 11 is 7.19. The van der Waals surface area contributed by atoms with Crippen LogP contribution in [0.4, 0.5) is 0 Å². The van der Waals surface area contributed by atoms with Gasteiger partial charge in [0.05, 0.1) is 0 Å². The molecule has 3 nitrogen and oxygen atoms in total. The average Bonchev–Trinajstić information content (AvgIpc) is 2.18. The average molecular weight is 275 g/mol. The Morgan fingerprint density at radius 3 is 3.00 bits per heavy atom. The van der Waals surface area contributed by atoms with Crippen molar-refractivity contribution >= 4 is 28.6 Å². The van der Waals surface area contributed by atoms with Crippen LogP contribution in [0.5, 0.6) is 0 Å². The Morgan fingerprint density at radius 2 is 2.36 bits per heavy atom. The summed E-state index contributed by atoms with van der Waals surface area (Å²) in [5, 5.41) is 0. The van der Waals surface area contributed by atoms with Crippen molar-refractivity contribution in [2.75, 3.05) is 5.75 Å². The fourth-order valence-corrected chi connectivity index (χ4v) is 1.49. The van der Waals surface area contributed by atoms with Gasteiger partial charge in [0.2, 0.25) is 0 Å². The predicted octanol–water partition coefficient (Wildman–Crippen LogP) is 1.80. The van der Waals surface area contributed by atoms with Gasteiger partial charge in [0.1, 0.15) is 10.3 Å². The number of allylic oxidation sites excluding steroid dienone is 1. The van der Waals surface area contributed by atoms with Crippen molar-refractivity contribution in [3.05, 3.63) is 39.0 Å². The van der Waals surface area contributed by atoms with Gasteiger partial charge in [-0.3, -0.25) is 9.36 Å². The van der Waals surface area contributed by atoms with Gasteiger partial charge in [-0.1, -0.05) is 12.2 Å². The van der Waals surface area contributed by atoms with Crippen LogP contribution >= 0.6 is 28.6 Å². The minimum atomic E-state index is -0.0543. The first-order valence-electron chi connectivity index (χ1n) is 4.14. The molecule has 0 amide bonds. The lowest BCUT2D eigenvalue weighted by atomic mass is 10.4. The number of rotatable bonds is 3. The number of nitrogens with zero attached hydrogens (tertiary/aromatic N) is 2. The lowest BCUT2D eigenvalue weighted by Crippen LogP contribution is -2.23. The number of hydrogen-bond donors (Lipinski definition) is 1. The summed E-state index contributed by atoms with van der Waals surface area (Å²) in [5.41, 5.74) is -0.0543. The molecular formula is C9H11BrN2OS. The molecule has 5 heteroatoms. The fraction of sp³-hybridized carbons (Fsp3) is 0.333. The van der Waals surface area contributed by atoms with Gasteiger partial charge in [-0.25, -0.2) is 4.98 Å². The maximum atomic E-state index is 11.6. The van der Waals surface area contributed by atoms with E-state index in [4.69, 9.17) is 0 Å². The molecule has 0 bridgehead atoms. The molecule has 0 saturated carbocycles. The van der Waals surface area contributed by atoms with E-state index in [2.05, 4.69) is 33.5 Å². The molecule has 1 aromatic heterocycles. The molecule has 0 spiro atoms. The summed E-state index contributed by atoms with van der Waals surface area (Å²) in [5.74, 6) is 1.39. The Kier molecular flexibility index (Phi) is 4.41. The van der Waals surface area contributed by atoms with Gasteiger partial charge in [-0.05, 0) is 22.9 Å². The third-order valence-electron chi connectivity index (χ3n) is 1.76. The number of halogens is 1. The monoisotopic (exact) mass is 274 g/mol. The molecular weight excluding hydrogens is 264 g/mol. The third kappa shape index (κ3) is 2.72. The van der Waals surface area contributed by atoms with Crippen LogP contribution < -0.4 is 5.56 Å². The van der Waals surface area contributed by atoms with Gasteiger partial charge < -0.3 is 0 Å². The smallest absolute Gasteiger partial charge is 0.268 e. The van der Waals surface area contributed by atoms with Crippen molar-refractivity contribution in [3.63, 3.8) is 0 Å². The molecule has 1 aromatic rings. The van der Waals surface area contributed by atoms with Crippen LogP contribution in [0.2, 0.25) is 0 Å². The Bertz CT molecular complexity index is 400. The second kappa shape index (κ2) is 5.36. The van der Waals surface area contributed by atoms with Crippen LogP contribution in [-0.2, 0) is 6.54 Å². The molecule has 76 valence electrons. The molecule has 0 aliphatic carbocycles. The van der Waals surface area contributed by atoms with Crippen LogP contribution in [0, 0.1) is 6.92 Å². The highest BCUT2D eigenvalue weighted by atomic mass is 79.9. The summed E-state index contributed by atoms with van der Waals surface area (Å²) in [4.78, 5) is 15.7. The Morgan fingerprint density at radius 1 is 1.64 bits per heavy atom. The van der Waals surface area contributed by atoms with E-state index in [0.717, 1.165) is 0 Å². The van der Waals surface area contributed by atoms with Crippen molar-refractivity contribution in [3.8, 4) is 0 Å². The van der Waals surface area contributed by atoms with Crippen LogP contribution in [0.1, 0.15) is 5.82 Å². The Balaban J connectivity index is 3.01. The molecule has 1 rings (SSSR count). The molecule has 0 aromatic carbocycles. The van der Waals surface area contributed by atoms with Gasteiger partial charge in [-0.2, -0.15) is 12.6 Å². The summed E-state index contributed by atoms with van der Waals surface area (Å²) in [6, 6.07) is 0. The van der Waals surface area contributed by atoms with Crippen molar-refractivity contribution < 1.29 is 0 Å². The number of thiol groups is 1. The highest BCUT2D eigenvalue weighted by molar-refractivity contribution is 9.10. The predicted molar refractivity (Wildman–Crippen MR) is 63.9 cm³/mol. The quantitative estimate of drug-likeness (QED) is 0.674. The number of aromatic nitrogens is 2. The van der Waals surface area contributed by atoms with Crippen LogP contribution in [-0.4, -0.2) is 15.3 Å². The summed E-state index contributed by atoms with van der Waals surface area (Å²) in [7, 11) is 0. The Labute approximate surface area is 96.4 Å². The minimum Gasteiger partial charge on any atom is -0.292 e. The zero-order valence-electron chi connectivity index (χ0n) is 7.77. The van der Waals surface area contributed by atoms with Gasteiger partial charge >= 0.3 is 0 Å². The molecule has 0 saturated heterocycles. The maximum Gasteiger partial charge on any atom is 0.268 e. The van der Waals surface area contributed by atoms with Crippen LogP contribution in [0.15, 0.2) is 27.6 Å². The van der Waals surface area contributed by atoms with Gasteiger partial charge in [-0.15, -0.1) is 0 Å². The SMILES string of the molecule is Cc1ncc(Br)c(=O)n1C/C=C/CS. The largest absolute Gasteiger partial charge is 0.292 e. The molecule has 1 heterocycles. The van der Waals surface area contributed by atoms with E-state index >= 15 is 0 Å². The fourth-order valence-electron chi connectivity index (χ4n) is 1.02. The standard InChI is InChI=1S/C9H11BrN2OS/c1-7-11-6-8(10)9(13)12(7)4-2-3-5-14/h2-3,6,14H,4-5H2,1H3/b3-2+. The van der Waals surface area contributed by atoms with Gasteiger partial charge in [0, 0.05) is 18.5 Å². The van der Waals surface area contributed by atoms with Gasteiger partial charge in [0.25, 0.3) is 5.56 Å². The van der Waals surface area contributed by atoms with E-state index in [-0.39, 0.29) is 5.56 Å². The molecule has 0 aliphatic heterocycles. The zero-order chi connectivity index (χ0) is 10.6. The minimum absolute atomic E-state index is 0.0543. The van der Waals surface area contributed by atoms with Crippen LogP contribution in [0.3, 0.4) is 0 Å². The van der Waals surface area contributed by atoms with Crippen molar-refractivity contribution in [2.45, 2.75) is 13.5 Å². The molecule has 0 N–H and O–H groups in total. The lowest BCUT2D eigenvalue weighted by Gasteiger charge is -2.05. The first-order chi connectivity index (χ1) is 6.66. The summed E-state index contributed by atoms with van der Waals surface area (Å²) in [6.45, 7) is 2.35. The van der Waals surface area contributed by atoms with E-state index in [0.29, 0.717) is 22.6 Å². The zero-order valence-corrected chi connectivity index (χ0v) is 10.3. The van der Waals surface area contributed by atoms with Gasteiger partial charge in [0.15, 0.2) is 0 Å². The van der Waals surface area contributed by atoms with E-state index in [1.54, 1.807) is 4.57 Å². The second-order valence-corrected chi connectivity index (χ2v) is 3.94. The van der Waals surface area contributed by atoms with E-state index in [9.17, 15) is 4.79 Å². The van der Waals surface area contributed by atoms with Crippen molar-refractivity contribution in [1.29, 1.82) is 0 Å². The second-order valence-electron chi connectivity index (χ2n) is 2.72. The van der Waals surface area contributed by atoms with Crippen molar-refractivity contribution in [2.24, 2.45) is 0 Å². The van der Waals surface area contributed by atoms with E-state index < -0.39 is 0 Å². The molecule has 14 heavy (non-hydrogen) atoms. The van der Waals surface area contributed by atoms with Crippen molar-refractivity contribution in [1.82, 2.24) is 9.55 Å². The molecule has 0 fully saturated rings. The third-order valence-corrected chi connectivity index (χ3v) is 2.52. The van der Waals surface area contributed by atoms with Crippen LogP contribution in [0.25, 0.3) is 0 Å². The molecule has 0 radical (unpaired) electrons. The highest BCUT2D eigenvalue weighted by Crippen LogP contribution is 2.01. The van der Waals surface area contributed by atoms with E-state index in [1.165, 1.54) is 6.20 Å². The molecule has 0 aliphatic rings. The summed E-state index contributed by atoms with van der Waals surface area (Å²) < 4.78 is 2.09. The number of hydrogen-bond acceptors (Lipinski definition) is 3. The first kappa shape index (κ1) is 11.5. The first-order valence-corrected chi connectivity index (χ1v) is 5.57. The topological polar surface area (TPSA) is 34.9 Å². The van der Waals surface area contributed by atoms with E-state index in [1.807, 2.05) is 19.1 Å². The highest BCUT2D eigenvalue weighted by Gasteiger charge is 2.02. The molecule has 0 atom stereocenters. The lowest BCUT2D eigenvalue weighted by molar-refractivity contribution is 0.709. The summed E-state index contributed by atoms with van der Waals surface area (Å²) in [6.07, 6.45) is 5.32. The number of aryl methyl sites for hydroxylation is 1. The Hall–Kier alpha value is -0.550. The molecule has 0 unspecified atom stereocenters. The normalized spacial score (nSPS) is 11.1.